The summed E-state index contributed by atoms with van der Waals surface area (Å²) in [7, 11) is 1.32. The maximum absolute atomic E-state index is 13.8. The van der Waals surface area contributed by atoms with Gasteiger partial charge in [0.15, 0.2) is 18.7 Å². The third-order valence-electron chi connectivity index (χ3n) is 8.31. The van der Waals surface area contributed by atoms with Crippen LogP contribution in [-0.4, -0.2) is 87.6 Å². The van der Waals surface area contributed by atoms with Gasteiger partial charge in [0.1, 0.15) is 22.8 Å². The van der Waals surface area contributed by atoms with Crippen LogP contribution in [0, 0.1) is 0 Å². The number of halogens is 1. The first-order valence-corrected chi connectivity index (χ1v) is 13.9. The molecule has 0 saturated carbocycles. The normalized spacial score (nSPS) is 27.4. The Labute approximate surface area is 258 Å². The number of rotatable bonds is 7. The van der Waals surface area contributed by atoms with Crippen LogP contribution in [-0.2, 0) is 30.2 Å². The van der Waals surface area contributed by atoms with Crippen molar-refractivity contribution in [1.29, 1.82) is 0 Å². The van der Waals surface area contributed by atoms with Crippen LogP contribution in [0.15, 0.2) is 18.2 Å². The SMILES string of the molecule is CCC(=O)OCC(=O)[C@]1(O)Cc2c(O)c3c(c(O)c2[C@@H](OC2CC(N)C(O)C(C)O2)C1)C(=O)c1c(OC)cccc1C3=O.Cl. The van der Waals surface area contributed by atoms with E-state index in [0.29, 0.717) is 0 Å². The van der Waals surface area contributed by atoms with Crippen molar-refractivity contribution in [2.45, 2.75) is 75.8 Å². The number of hydrogen-bond donors (Lipinski definition) is 5. The summed E-state index contributed by atoms with van der Waals surface area (Å²) in [5.74, 6) is -4.46. The maximum Gasteiger partial charge on any atom is 0.305 e. The minimum atomic E-state index is -2.28. The number of phenols is 2. The molecule has 3 aliphatic rings. The zero-order chi connectivity index (χ0) is 31.4. The Balaban J connectivity index is 0.00000442. The number of phenolic OH excluding ortho intramolecular Hbond substituents is 2. The van der Waals surface area contributed by atoms with Gasteiger partial charge in [-0.25, -0.2) is 0 Å². The molecule has 0 bridgehead atoms. The van der Waals surface area contributed by atoms with Gasteiger partial charge >= 0.3 is 5.97 Å². The second-order valence-corrected chi connectivity index (χ2v) is 11.0. The lowest BCUT2D eigenvalue weighted by Crippen LogP contribution is -2.53. The second-order valence-electron chi connectivity index (χ2n) is 11.0. The molecule has 0 amide bonds. The van der Waals surface area contributed by atoms with Crippen LogP contribution in [0.1, 0.15) is 82.2 Å². The van der Waals surface area contributed by atoms with E-state index in [4.69, 9.17) is 24.7 Å². The van der Waals surface area contributed by atoms with Gasteiger partial charge in [-0.15, -0.1) is 12.4 Å². The molecule has 2 aromatic carbocycles. The number of aliphatic hydroxyl groups excluding tert-OH is 1. The number of carbonyl (C=O) groups excluding carboxylic acids is 4. The van der Waals surface area contributed by atoms with Crippen LogP contribution in [0.5, 0.6) is 17.2 Å². The Kier molecular flexibility index (Phi) is 9.40. The number of ether oxygens (including phenoxy) is 4. The number of esters is 1. The van der Waals surface area contributed by atoms with E-state index in [1.165, 1.54) is 32.2 Å². The van der Waals surface area contributed by atoms with Crippen LogP contribution in [0.25, 0.3) is 0 Å². The summed E-state index contributed by atoms with van der Waals surface area (Å²) in [6, 6.07) is 3.60. The van der Waals surface area contributed by atoms with Gasteiger partial charge in [0.2, 0.25) is 11.6 Å². The van der Waals surface area contributed by atoms with Crippen LogP contribution in [0.2, 0.25) is 0 Å². The molecule has 4 unspecified atom stereocenters. The number of Topliss-reactive ketones (excluding diaryl/α,β-unsaturated/α-hetero) is 1. The lowest BCUT2D eigenvalue weighted by atomic mass is 9.72. The fraction of sp³-hybridized carbons (Fsp3) is 0.467. The van der Waals surface area contributed by atoms with Gasteiger partial charge in [-0.05, 0) is 13.0 Å². The summed E-state index contributed by atoms with van der Waals surface area (Å²) >= 11 is 0. The average molecular weight is 636 g/mol. The zero-order valence-corrected chi connectivity index (χ0v) is 25.0. The molecule has 2 aromatic rings. The van der Waals surface area contributed by atoms with Gasteiger partial charge in [-0.3, -0.25) is 19.2 Å². The Hall–Kier alpha value is -3.59. The Bertz CT molecular complexity index is 1510. The lowest BCUT2D eigenvalue weighted by molar-refractivity contribution is -0.247. The first kappa shape index (κ1) is 33.3. The Morgan fingerprint density at radius 3 is 2.43 bits per heavy atom. The van der Waals surface area contributed by atoms with Crippen molar-refractivity contribution in [3.05, 3.63) is 51.6 Å². The summed E-state index contributed by atoms with van der Waals surface area (Å²) < 4.78 is 22.1. The molecule has 13 nitrogen and oxygen atoms in total. The number of methoxy groups -OCH3 is 1. The fourth-order valence-electron chi connectivity index (χ4n) is 5.99. The molecule has 1 heterocycles. The molecule has 1 fully saturated rings. The monoisotopic (exact) mass is 635 g/mol. The first-order chi connectivity index (χ1) is 20.3. The smallest absolute Gasteiger partial charge is 0.305 e. The van der Waals surface area contributed by atoms with Crippen molar-refractivity contribution in [3.8, 4) is 17.2 Å². The summed E-state index contributed by atoms with van der Waals surface area (Å²) in [5, 5.41) is 44.9. The van der Waals surface area contributed by atoms with Crippen LogP contribution < -0.4 is 10.5 Å². The van der Waals surface area contributed by atoms with E-state index < -0.39 is 102 Å². The third-order valence-corrected chi connectivity index (χ3v) is 8.31. The van der Waals surface area contributed by atoms with E-state index in [1.54, 1.807) is 6.92 Å². The highest BCUT2D eigenvalue weighted by atomic mass is 35.5. The van der Waals surface area contributed by atoms with Crippen LogP contribution in [0.4, 0.5) is 0 Å². The van der Waals surface area contributed by atoms with Gasteiger partial charge in [0.25, 0.3) is 0 Å². The predicted molar refractivity (Wildman–Crippen MR) is 153 cm³/mol. The van der Waals surface area contributed by atoms with Gasteiger partial charge in [0.05, 0.1) is 42.1 Å². The summed E-state index contributed by atoms with van der Waals surface area (Å²) in [6.07, 6.45) is -5.31. The largest absolute Gasteiger partial charge is 0.507 e. The number of aliphatic hydroxyl groups is 2. The summed E-state index contributed by atoms with van der Waals surface area (Å²) in [5.41, 5.74) is 2.29. The molecule has 0 aromatic heterocycles. The number of nitrogens with two attached hydrogens (primary N) is 1. The number of benzene rings is 2. The van der Waals surface area contributed by atoms with E-state index in [2.05, 4.69) is 0 Å². The molecular formula is C30H34ClNO12. The molecule has 6 atom stereocenters. The van der Waals surface area contributed by atoms with E-state index >= 15 is 0 Å². The number of ketones is 3. The highest BCUT2D eigenvalue weighted by molar-refractivity contribution is 6.31. The molecule has 0 radical (unpaired) electrons. The summed E-state index contributed by atoms with van der Waals surface area (Å²) in [4.78, 5) is 52.3. The first-order valence-electron chi connectivity index (χ1n) is 13.9. The van der Waals surface area contributed by atoms with E-state index in [1.807, 2.05) is 0 Å². The highest BCUT2D eigenvalue weighted by Gasteiger charge is 2.50. The second kappa shape index (κ2) is 12.4. The Morgan fingerprint density at radius 1 is 1.11 bits per heavy atom. The molecule has 0 spiro atoms. The van der Waals surface area contributed by atoms with Crippen molar-refractivity contribution in [2.75, 3.05) is 13.7 Å². The van der Waals surface area contributed by atoms with Gasteiger partial charge in [-0.2, -0.15) is 0 Å². The third kappa shape index (κ3) is 5.44. The van der Waals surface area contributed by atoms with Crippen LogP contribution in [0.3, 0.4) is 0 Å². The maximum atomic E-state index is 13.8. The molecule has 5 rings (SSSR count). The number of fused-ring (bicyclic) bond motifs is 3. The van der Waals surface area contributed by atoms with E-state index in [-0.39, 0.29) is 53.3 Å². The van der Waals surface area contributed by atoms with Crippen molar-refractivity contribution >= 4 is 35.7 Å². The fourth-order valence-corrected chi connectivity index (χ4v) is 5.99. The standard InChI is InChI=1S/C30H33NO12.ClH/c1-4-19(33)41-11-18(32)30(39)9-14-22(17(10-30)43-20-8-15(31)25(34)12(2)42-20)29(38)24-23(27(14)36)26(35)13-6-5-7-16(40-3)21(13)28(24)37;/h5-7,12,15,17,20,25,34,36,38-39H,4,8-11,31H2,1-3H3;1H/t12?,15?,17-,20?,25?,30-;/m0./s1. The number of aromatic hydroxyl groups is 2. The summed E-state index contributed by atoms with van der Waals surface area (Å²) in [6.45, 7) is 2.33. The topological polar surface area (TPSA) is 212 Å². The van der Waals surface area contributed by atoms with Crippen molar-refractivity contribution in [3.63, 3.8) is 0 Å². The molecule has 6 N–H and O–H groups in total. The predicted octanol–water partition coefficient (Wildman–Crippen LogP) is 1.38. The molecule has 1 saturated heterocycles. The molecular weight excluding hydrogens is 602 g/mol. The Morgan fingerprint density at radius 2 is 1.80 bits per heavy atom. The van der Waals surface area contributed by atoms with Crippen molar-refractivity contribution in [1.82, 2.24) is 0 Å². The minimum Gasteiger partial charge on any atom is -0.507 e. The quantitative estimate of drug-likeness (QED) is 0.184. The van der Waals surface area contributed by atoms with Gasteiger partial charge < -0.3 is 45.1 Å². The minimum absolute atomic E-state index is 0. The molecule has 2 aliphatic carbocycles. The average Bonchev–Trinajstić information content (AvgIpc) is 2.98. The van der Waals surface area contributed by atoms with Crippen LogP contribution >= 0.6 is 12.4 Å². The zero-order valence-electron chi connectivity index (χ0n) is 24.2. The lowest BCUT2D eigenvalue weighted by Gasteiger charge is -2.42. The van der Waals surface area contributed by atoms with E-state index in [0.717, 1.165) is 0 Å². The molecule has 238 valence electrons. The van der Waals surface area contributed by atoms with Crippen molar-refractivity contribution in [2.24, 2.45) is 5.73 Å². The van der Waals surface area contributed by atoms with Gasteiger partial charge in [0, 0.05) is 48.4 Å². The number of carbonyl (C=O) groups is 4. The molecule has 14 heteroatoms. The van der Waals surface area contributed by atoms with Gasteiger partial charge in [-0.1, -0.05) is 19.1 Å². The highest BCUT2D eigenvalue weighted by Crippen LogP contribution is 2.52. The molecule has 44 heavy (non-hydrogen) atoms. The molecule has 1 aliphatic heterocycles. The van der Waals surface area contributed by atoms with E-state index in [9.17, 15) is 39.6 Å². The van der Waals surface area contributed by atoms with Crippen molar-refractivity contribution < 1.29 is 58.6 Å². The number of hydrogen-bond acceptors (Lipinski definition) is 13.